The Hall–Kier alpha value is -3.64. The van der Waals surface area contributed by atoms with Crippen molar-refractivity contribution in [3.8, 4) is 5.75 Å². The van der Waals surface area contributed by atoms with Gasteiger partial charge in [-0.15, -0.1) is 0 Å². The molecule has 0 spiro atoms. The number of hydrogen-bond donors (Lipinski definition) is 4. The van der Waals surface area contributed by atoms with E-state index in [-0.39, 0.29) is 17.8 Å². The van der Waals surface area contributed by atoms with E-state index in [1.807, 2.05) is 20.2 Å². The number of aromatic nitrogens is 3. The van der Waals surface area contributed by atoms with Crippen molar-refractivity contribution in [2.45, 2.75) is 31.9 Å². The van der Waals surface area contributed by atoms with Gasteiger partial charge < -0.3 is 35.6 Å². The van der Waals surface area contributed by atoms with Crippen molar-refractivity contribution < 1.29 is 14.6 Å². The first-order valence-electron chi connectivity index (χ1n) is 12.9. The van der Waals surface area contributed by atoms with Gasteiger partial charge in [0.25, 0.3) is 0 Å². The summed E-state index contributed by atoms with van der Waals surface area (Å²) in [5.41, 5.74) is 1.76. The fraction of sp³-hybridized carbons (Fsp3) is 0.357. The van der Waals surface area contributed by atoms with E-state index in [0.717, 1.165) is 25.2 Å². The van der Waals surface area contributed by atoms with Crippen LogP contribution in [-0.4, -0.2) is 71.2 Å². The van der Waals surface area contributed by atoms with Gasteiger partial charge in [0.2, 0.25) is 17.8 Å². The molecule has 1 fully saturated rings. The lowest BCUT2D eigenvalue weighted by Crippen LogP contribution is -2.53. The van der Waals surface area contributed by atoms with Gasteiger partial charge in [-0.1, -0.05) is 29.8 Å². The third kappa shape index (κ3) is 7.17. The molecule has 0 radical (unpaired) electrons. The Labute approximate surface area is 249 Å². The number of carbonyl (C=O) groups is 1. The molecule has 2 aromatic carbocycles. The highest BCUT2D eigenvalue weighted by Crippen LogP contribution is 2.41. The van der Waals surface area contributed by atoms with Crippen LogP contribution in [0.3, 0.4) is 0 Å². The molecule has 218 valence electrons. The van der Waals surface area contributed by atoms with Crippen molar-refractivity contribution in [1.29, 1.82) is 0 Å². The Bertz CT molecular complexity index is 1440. The molecule has 0 bridgehead atoms. The standard InChI is InChI=1S/C28H34Cl2N8O3/c1-7-25(39)33-21-12-22(24(41-6)13-23(21)38-9-8-16(38)14-37(4)5)35-27-32-15-31-26(36-27)34-20-11-19(30)18(29)10-17(20)28(2,3)40/h7,10-13,15-16,40H,1,8-9,14H2,2-6H3,(H,33,39)(H2,31,32,34,35,36)/t16-/m1/s1. The molecule has 3 aromatic rings. The van der Waals surface area contributed by atoms with E-state index in [0.29, 0.717) is 44.5 Å². The summed E-state index contributed by atoms with van der Waals surface area (Å²) in [6, 6.07) is 7.17. The van der Waals surface area contributed by atoms with Crippen LogP contribution in [0.5, 0.6) is 5.75 Å². The van der Waals surface area contributed by atoms with Gasteiger partial charge in [0.05, 0.1) is 39.8 Å². The summed E-state index contributed by atoms with van der Waals surface area (Å²) in [6.07, 6.45) is 3.61. The highest BCUT2D eigenvalue weighted by Gasteiger charge is 2.31. The topological polar surface area (TPSA) is 128 Å². The quantitative estimate of drug-likeness (QED) is 0.219. The van der Waals surface area contributed by atoms with E-state index in [2.05, 4.69) is 47.3 Å². The van der Waals surface area contributed by atoms with E-state index in [1.54, 1.807) is 39.2 Å². The molecular formula is C28H34Cl2N8O3. The van der Waals surface area contributed by atoms with E-state index in [1.165, 1.54) is 12.4 Å². The average Bonchev–Trinajstić information content (AvgIpc) is 2.89. The minimum Gasteiger partial charge on any atom is -0.494 e. The summed E-state index contributed by atoms with van der Waals surface area (Å²) in [4.78, 5) is 29.6. The maximum Gasteiger partial charge on any atom is 0.247 e. The summed E-state index contributed by atoms with van der Waals surface area (Å²) in [6.45, 7) is 8.60. The Morgan fingerprint density at radius 1 is 1.15 bits per heavy atom. The summed E-state index contributed by atoms with van der Waals surface area (Å²) >= 11 is 12.4. The van der Waals surface area contributed by atoms with Crippen LogP contribution in [0.25, 0.3) is 0 Å². The molecule has 1 amide bonds. The molecule has 4 N–H and O–H groups in total. The number of halogens is 2. The zero-order chi connectivity index (χ0) is 29.9. The lowest BCUT2D eigenvalue weighted by molar-refractivity contribution is -0.111. The molecule has 11 nitrogen and oxygen atoms in total. The summed E-state index contributed by atoms with van der Waals surface area (Å²) in [5, 5.41) is 20.4. The number of aliphatic hydroxyl groups is 1. The number of amides is 1. The maximum atomic E-state index is 12.3. The van der Waals surface area contributed by atoms with Gasteiger partial charge in [0.15, 0.2) is 0 Å². The predicted octanol–water partition coefficient (Wildman–Crippen LogP) is 5.17. The van der Waals surface area contributed by atoms with E-state index in [9.17, 15) is 9.90 Å². The number of methoxy groups -OCH3 is 1. The van der Waals surface area contributed by atoms with Gasteiger partial charge in [-0.2, -0.15) is 4.98 Å². The van der Waals surface area contributed by atoms with E-state index in [4.69, 9.17) is 27.9 Å². The van der Waals surface area contributed by atoms with Gasteiger partial charge in [-0.3, -0.25) is 4.79 Å². The summed E-state index contributed by atoms with van der Waals surface area (Å²) in [7, 11) is 5.65. The number of likely N-dealkylation sites (N-methyl/N-ethyl adjacent to an activating group) is 1. The van der Waals surface area contributed by atoms with Crippen LogP contribution in [-0.2, 0) is 10.4 Å². The highest BCUT2D eigenvalue weighted by atomic mass is 35.5. The van der Waals surface area contributed by atoms with Crippen LogP contribution in [0, 0.1) is 0 Å². The van der Waals surface area contributed by atoms with Gasteiger partial charge in [-0.25, -0.2) is 9.97 Å². The number of rotatable bonds is 11. The first-order valence-corrected chi connectivity index (χ1v) is 13.7. The molecule has 13 heteroatoms. The Morgan fingerprint density at radius 2 is 1.80 bits per heavy atom. The third-order valence-electron chi connectivity index (χ3n) is 6.57. The second kappa shape index (κ2) is 12.5. The number of hydrogen-bond acceptors (Lipinski definition) is 10. The van der Waals surface area contributed by atoms with Crippen molar-refractivity contribution in [3.05, 3.63) is 58.9 Å². The van der Waals surface area contributed by atoms with Crippen molar-refractivity contribution >= 4 is 63.8 Å². The molecule has 1 aliphatic rings. The number of anilines is 6. The first kappa shape index (κ1) is 30.3. The average molecular weight is 602 g/mol. The Morgan fingerprint density at radius 3 is 2.37 bits per heavy atom. The monoisotopic (exact) mass is 600 g/mol. The SMILES string of the molecule is C=CC(=O)Nc1cc(Nc2ncnc(Nc3cc(Cl)c(Cl)cc3C(C)(C)O)n2)c(OC)cc1N1CC[C@@H]1CN(C)C. The molecule has 0 unspecified atom stereocenters. The van der Waals surface area contributed by atoms with Gasteiger partial charge in [0, 0.05) is 36.4 Å². The molecular weight excluding hydrogens is 567 g/mol. The highest BCUT2D eigenvalue weighted by molar-refractivity contribution is 6.42. The molecule has 0 saturated carbocycles. The largest absolute Gasteiger partial charge is 0.494 e. The lowest BCUT2D eigenvalue weighted by Gasteiger charge is -2.45. The number of benzene rings is 2. The van der Waals surface area contributed by atoms with Crippen molar-refractivity contribution in [3.63, 3.8) is 0 Å². The molecule has 41 heavy (non-hydrogen) atoms. The second-order valence-corrected chi connectivity index (χ2v) is 11.2. The molecule has 1 aromatic heterocycles. The van der Waals surface area contributed by atoms with Gasteiger partial charge in [0.1, 0.15) is 12.1 Å². The van der Waals surface area contributed by atoms with Crippen molar-refractivity contribution in [2.75, 3.05) is 55.1 Å². The maximum absolute atomic E-state index is 12.3. The van der Waals surface area contributed by atoms with E-state index < -0.39 is 5.60 Å². The molecule has 1 atom stereocenters. The fourth-order valence-corrected chi connectivity index (χ4v) is 4.87. The molecule has 1 aliphatic heterocycles. The number of carbonyl (C=O) groups excluding carboxylic acids is 1. The zero-order valence-electron chi connectivity index (χ0n) is 23.6. The summed E-state index contributed by atoms with van der Waals surface area (Å²) in [5.74, 6) is 0.627. The molecule has 4 rings (SSSR count). The second-order valence-electron chi connectivity index (χ2n) is 10.4. The van der Waals surface area contributed by atoms with Crippen LogP contribution >= 0.6 is 23.2 Å². The number of ether oxygens (including phenoxy) is 1. The first-order chi connectivity index (χ1) is 19.4. The van der Waals surface area contributed by atoms with Crippen molar-refractivity contribution in [2.24, 2.45) is 0 Å². The zero-order valence-corrected chi connectivity index (χ0v) is 25.1. The third-order valence-corrected chi connectivity index (χ3v) is 7.30. The molecule has 0 aliphatic carbocycles. The van der Waals surface area contributed by atoms with Gasteiger partial charge in [-0.05, 0) is 58.6 Å². The number of nitrogens with one attached hydrogen (secondary N) is 3. The van der Waals surface area contributed by atoms with Crippen LogP contribution < -0.4 is 25.6 Å². The summed E-state index contributed by atoms with van der Waals surface area (Å²) < 4.78 is 5.71. The Kier molecular flexibility index (Phi) is 9.23. The van der Waals surface area contributed by atoms with Crippen LogP contribution in [0.4, 0.5) is 34.6 Å². The molecule has 2 heterocycles. The fourth-order valence-electron chi connectivity index (χ4n) is 4.54. The minimum absolute atomic E-state index is 0.203. The van der Waals surface area contributed by atoms with Crippen LogP contribution in [0.15, 0.2) is 43.2 Å². The molecule has 1 saturated heterocycles. The normalized spacial score (nSPS) is 14.9. The smallest absolute Gasteiger partial charge is 0.247 e. The minimum atomic E-state index is -1.21. The Balaban J connectivity index is 1.66. The van der Waals surface area contributed by atoms with E-state index >= 15 is 0 Å². The van der Waals surface area contributed by atoms with Crippen molar-refractivity contribution in [1.82, 2.24) is 19.9 Å². The lowest BCUT2D eigenvalue weighted by atomic mass is 9.96. The number of nitrogens with zero attached hydrogens (tertiary/aromatic N) is 5. The van der Waals surface area contributed by atoms with Gasteiger partial charge >= 0.3 is 0 Å². The van der Waals surface area contributed by atoms with Crippen LogP contribution in [0.1, 0.15) is 25.8 Å². The van der Waals surface area contributed by atoms with Crippen LogP contribution in [0.2, 0.25) is 10.0 Å². The predicted molar refractivity (Wildman–Crippen MR) is 164 cm³/mol.